The highest BCUT2D eigenvalue weighted by Crippen LogP contribution is 2.31. The van der Waals surface area contributed by atoms with Gasteiger partial charge in [0, 0.05) is 25.7 Å². The Morgan fingerprint density at radius 3 is 2.62 bits per heavy atom. The molecule has 1 aromatic carbocycles. The van der Waals surface area contributed by atoms with Crippen LogP contribution < -0.4 is 11.3 Å². The van der Waals surface area contributed by atoms with E-state index in [1.807, 2.05) is 0 Å². The number of rotatable bonds is 6. The van der Waals surface area contributed by atoms with Gasteiger partial charge in [0.15, 0.2) is 0 Å². The minimum absolute atomic E-state index is 0.0182. The van der Waals surface area contributed by atoms with Gasteiger partial charge in [-0.25, -0.2) is 12.7 Å². The third kappa shape index (κ3) is 3.14. The summed E-state index contributed by atoms with van der Waals surface area (Å²) in [6.07, 6.45) is 3.19. The molecule has 0 aliphatic heterocycles. The molecule has 0 atom stereocenters. The smallest absolute Gasteiger partial charge is 0.271 e. The zero-order valence-electron chi connectivity index (χ0n) is 11.7. The summed E-state index contributed by atoms with van der Waals surface area (Å²) in [5.41, 5.74) is 2.02. The Balaban J connectivity index is 2.31. The zero-order valence-corrected chi connectivity index (χ0v) is 12.5. The Hall–Kier alpha value is -1.71. The average molecular weight is 314 g/mol. The van der Waals surface area contributed by atoms with E-state index in [4.69, 9.17) is 5.84 Å². The van der Waals surface area contributed by atoms with Crippen molar-refractivity contribution >= 4 is 21.4 Å². The van der Waals surface area contributed by atoms with Crippen LogP contribution in [0.25, 0.3) is 0 Å². The standard InChI is InChI=1S/C12H18N4O4S/c1-15(8-9-3-2-4-9)21(19,20)12-6-5-10(16(17)18)7-11(12)14-13/h5-7,9,14H,2-4,8,13H2,1H3. The van der Waals surface area contributed by atoms with Gasteiger partial charge in [-0.15, -0.1) is 0 Å². The maximum absolute atomic E-state index is 12.5. The van der Waals surface area contributed by atoms with Gasteiger partial charge in [-0.05, 0) is 24.8 Å². The van der Waals surface area contributed by atoms with Crippen molar-refractivity contribution in [3.05, 3.63) is 28.3 Å². The summed E-state index contributed by atoms with van der Waals surface area (Å²) in [6.45, 7) is 0.448. The molecule has 0 bridgehead atoms. The number of nitrogens with one attached hydrogen (secondary N) is 1. The second-order valence-electron chi connectivity index (χ2n) is 5.16. The van der Waals surface area contributed by atoms with Gasteiger partial charge < -0.3 is 5.43 Å². The van der Waals surface area contributed by atoms with E-state index in [0.717, 1.165) is 31.4 Å². The first-order valence-corrected chi connectivity index (χ1v) is 8.01. The summed E-state index contributed by atoms with van der Waals surface area (Å²) in [5, 5.41) is 10.7. The number of nitro benzene ring substituents is 1. The SMILES string of the molecule is CN(CC1CCC1)S(=O)(=O)c1ccc([N+](=O)[O-])cc1NN. The lowest BCUT2D eigenvalue weighted by atomic mass is 9.86. The highest BCUT2D eigenvalue weighted by molar-refractivity contribution is 7.89. The molecule has 0 radical (unpaired) electrons. The highest BCUT2D eigenvalue weighted by atomic mass is 32.2. The highest BCUT2D eigenvalue weighted by Gasteiger charge is 2.29. The summed E-state index contributed by atoms with van der Waals surface area (Å²) in [6, 6.07) is 3.48. The quantitative estimate of drug-likeness (QED) is 0.464. The minimum atomic E-state index is -3.73. The molecule has 1 aliphatic rings. The lowest BCUT2D eigenvalue weighted by Crippen LogP contribution is -2.34. The monoisotopic (exact) mass is 314 g/mol. The van der Waals surface area contributed by atoms with Crippen LogP contribution in [0, 0.1) is 16.0 Å². The molecule has 116 valence electrons. The normalized spacial score (nSPS) is 15.8. The predicted octanol–water partition coefficient (Wildman–Crippen LogP) is 1.30. The second-order valence-corrected chi connectivity index (χ2v) is 7.18. The first-order valence-electron chi connectivity index (χ1n) is 6.57. The number of benzene rings is 1. The van der Waals surface area contributed by atoms with Crippen molar-refractivity contribution < 1.29 is 13.3 Å². The Labute approximate surface area is 123 Å². The van der Waals surface area contributed by atoms with E-state index >= 15 is 0 Å². The number of nitrogens with zero attached hydrogens (tertiary/aromatic N) is 2. The van der Waals surface area contributed by atoms with Crippen LogP contribution in [0.15, 0.2) is 23.1 Å². The van der Waals surface area contributed by atoms with Crippen LogP contribution in [-0.4, -0.2) is 31.2 Å². The predicted molar refractivity (Wildman–Crippen MR) is 78.1 cm³/mol. The van der Waals surface area contributed by atoms with Crippen LogP contribution in [0.1, 0.15) is 19.3 Å². The largest absolute Gasteiger partial charge is 0.323 e. The first-order chi connectivity index (χ1) is 9.86. The van der Waals surface area contributed by atoms with Gasteiger partial charge in [-0.2, -0.15) is 0 Å². The van der Waals surface area contributed by atoms with Crippen molar-refractivity contribution in [2.75, 3.05) is 19.0 Å². The van der Waals surface area contributed by atoms with Crippen LogP contribution >= 0.6 is 0 Å². The number of hydrogen-bond acceptors (Lipinski definition) is 6. The fourth-order valence-electron chi connectivity index (χ4n) is 2.27. The molecule has 0 aromatic heterocycles. The van der Waals surface area contributed by atoms with Crippen LogP contribution in [0.5, 0.6) is 0 Å². The van der Waals surface area contributed by atoms with Gasteiger partial charge in [-0.3, -0.25) is 16.0 Å². The van der Waals surface area contributed by atoms with Crippen LogP contribution in [0.3, 0.4) is 0 Å². The minimum Gasteiger partial charge on any atom is -0.323 e. The van der Waals surface area contributed by atoms with Gasteiger partial charge in [0.25, 0.3) is 5.69 Å². The molecule has 0 amide bonds. The van der Waals surface area contributed by atoms with Gasteiger partial charge in [-0.1, -0.05) is 6.42 Å². The number of non-ortho nitro benzene ring substituents is 1. The molecule has 9 heteroatoms. The van der Waals surface area contributed by atoms with E-state index in [2.05, 4.69) is 5.43 Å². The van der Waals surface area contributed by atoms with Crippen molar-refractivity contribution in [2.45, 2.75) is 24.2 Å². The number of nitrogens with two attached hydrogens (primary N) is 1. The van der Waals surface area contributed by atoms with E-state index in [0.29, 0.717) is 12.5 Å². The van der Waals surface area contributed by atoms with Gasteiger partial charge in [0.1, 0.15) is 4.90 Å². The Morgan fingerprint density at radius 2 is 2.14 bits per heavy atom. The molecule has 0 unspecified atom stereocenters. The first kappa shape index (κ1) is 15.7. The van der Waals surface area contributed by atoms with Crippen LogP contribution in [-0.2, 0) is 10.0 Å². The van der Waals surface area contributed by atoms with E-state index in [-0.39, 0.29) is 16.3 Å². The molecule has 3 N–H and O–H groups in total. The van der Waals surface area contributed by atoms with Crippen LogP contribution in [0.2, 0.25) is 0 Å². The third-order valence-corrected chi connectivity index (χ3v) is 5.64. The third-order valence-electron chi connectivity index (χ3n) is 3.76. The molecule has 1 fully saturated rings. The van der Waals surface area contributed by atoms with E-state index in [9.17, 15) is 18.5 Å². The van der Waals surface area contributed by atoms with Crippen molar-refractivity contribution in [1.29, 1.82) is 0 Å². The average Bonchev–Trinajstić information content (AvgIpc) is 2.41. The lowest BCUT2D eigenvalue weighted by molar-refractivity contribution is -0.384. The van der Waals surface area contributed by atoms with E-state index in [1.54, 1.807) is 0 Å². The molecule has 1 saturated carbocycles. The van der Waals surface area contributed by atoms with Gasteiger partial charge >= 0.3 is 0 Å². The maximum Gasteiger partial charge on any atom is 0.271 e. The van der Waals surface area contributed by atoms with Crippen molar-refractivity contribution in [2.24, 2.45) is 11.8 Å². The fraction of sp³-hybridized carbons (Fsp3) is 0.500. The maximum atomic E-state index is 12.5. The van der Waals surface area contributed by atoms with E-state index < -0.39 is 14.9 Å². The molecule has 0 heterocycles. The molecule has 1 aromatic rings. The Morgan fingerprint density at radius 1 is 1.48 bits per heavy atom. The molecule has 0 spiro atoms. The fourth-order valence-corrected chi connectivity index (χ4v) is 3.65. The van der Waals surface area contributed by atoms with Crippen molar-refractivity contribution in [1.82, 2.24) is 4.31 Å². The topological polar surface area (TPSA) is 119 Å². The summed E-state index contributed by atoms with van der Waals surface area (Å²) < 4.78 is 26.3. The Kier molecular flexibility index (Phi) is 4.45. The lowest BCUT2D eigenvalue weighted by Gasteiger charge is -2.29. The molecule has 21 heavy (non-hydrogen) atoms. The molecule has 0 saturated heterocycles. The van der Waals surface area contributed by atoms with E-state index in [1.165, 1.54) is 17.4 Å². The summed E-state index contributed by atoms with van der Waals surface area (Å²) in [5.74, 6) is 5.69. The molecule has 8 nitrogen and oxygen atoms in total. The number of nitro groups is 1. The van der Waals surface area contributed by atoms with Crippen LogP contribution in [0.4, 0.5) is 11.4 Å². The molecular weight excluding hydrogens is 296 g/mol. The summed E-state index contributed by atoms with van der Waals surface area (Å²) >= 11 is 0. The number of sulfonamides is 1. The number of hydrogen-bond donors (Lipinski definition) is 2. The summed E-state index contributed by atoms with van der Waals surface area (Å²) in [7, 11) is -2.22. The number of anilines is 1. The second kappa shape index (κ2) is 5.96. The van der Waals surface area contributed by atoms with Gasteiger partial charge in [0.05, 0.1) is 10.6 Å². The summed E-state index contributed by atoms with van der Waals surface area (Å²) in [4.78, 5) is 10.1. The number of nitrogen functional groups attached to an aromatic ring is 1. The molecular formula is C12H18N4O4S. The molecule has 2 rings (SSSR count). The zero-order chi connectivity index (χ0) is 15.6. The Bertz CT molecular complexity index is 643. The van der Waals surface area contributed by atoms with Crippen molar-refractivity contribution in [3.8, 4) is 0 Å². The van der Waals surface area contributed by atoms with Crippen molar-refractivity contribution in [3.63, 3.8) is 0 Å². The number of hydrazine groups is 1. The molecule has 1 aliphatic carbocycles. The van der Waals surface area contributed by atoms with Gasteiger partial charge in [0.2, 0.25) is 10.0 Å².